The maximum absolute atomic E-state index is 13.7. The zero-order valence-electron chi connectivity index (χ0n) is 16.2. The van der Waals surface area contributed by atoms with Gasteiger partial charge >= 0.3 is 6.18 Å². The van der Waals surface area contributed by atoms with E-state index in [1.54, 1.807) is 18.2 Å². The summed E-state index contributed by atoms with van der Waals surface area (Å²) in [7, 11) is 1.51. The fourth-order valence-electron chi connectivity index (χ4n) is 3.63. The number of amides is 1. The average molecular weight is 418 g/mol. The molecule has 1 aliphatic rings. The fraction of sp³-hybridized carbons (Fsp3) is 0.350. The topological polar surface area (TPSA) is 94.7 Å². The number of rotatable bonds is 4. The van der Waals surface area contributed by atoms with Gasteiger partial charge in [0.25, 0.3) is 5.91 Å². The summed E-state index contributed by atoms with van der Waals surface area (Å²) in [5, 5.41) is 9.43. The molecule has 1 fully saturated rings. The summed E-state index contributed by atoms with van der Waals surface area (Å²) < 4.78 is 41.0. The molecule has 10 heteroatoms. The normalized spacial score (nSPS) is 17.1. The molecule has 0 aliphatic carbocycles. The van der Waals surface area contributed by atoms with Crippen molar-refractivity contribution in [3.63, 3.8) is 0 Å². The molecular formula is C20H21F3N6O. The van der Waals surface area contributed by atoms with Gasteiger partial charge < -0.3 is 20.9 Å². The molecule has 2 aromatic heterocycles. The van der Waals surface area contributed by atoms with Crippen LogP contribution < -0.4 is 16.0 Å². The molecule has 3 heterocycles. The van der Waals surface area contributed by atoms with E-state index in [-0.39, 0.29) is 23.6 Å². The second kappa shape index (κ2) is 7.94. The summed E-state index contributed by atoms with van der Waals surface area (Å²) in [5.41, 5.74) is 0.134. The maximum atomic E-state index is 13.7. The first-order valence-electron chi connectivity index (χ1n) is 9.62. The van der Waals surface area contributed by atoms with Crippen LogP contribution in [-0.2, 0) is 6.18 Å². The third-order valence-corrected chi connectivity index (χ3v) is 5.15. The van der Waals surface area contributed by atoms with Crippen molar-refractivity contribution in [2.45, 2.75) is 25.1 Å². The van der Waals surface area contributed by atoms with Gasteiger partial charge in [-0.1, -0.05) is 6.07 Å². The number of carbonyl (C=O) groups excluding carboxylic acids is 1. The lowest BCUT2D eigenvalue weighted by Crippen LogP contribution is -2.38. The number of anilines is 1. The number of carbonyl (C=O) groups is 1. The molecule has 0 spiro atoms. The molecular weight excluding hydrogens is 397 g/mol. The van der Waals surface area contributed by atoms with Crippen molar-refractivity contribution in [3.8, 4) is 11.3 Å². The minimum Gasteiger partial charge on any atom is -0.360 e. The summed E-state index contributed by atoms with van der Waals surface area (Å²) >= 11 is 0. The Labute approximate surface area is 170 Å². The Morgan fingerprint density at radius 2 is 2.13 bits per heavy atom. The van der Waals surface area contributed by atoms with Crippen molar-refractivity contribution in [1.29, 1.82) is 0 Å². The molecule has 1 aliphatic heterocycles. The van der Waals surface area contributed by atoms with Gasteiger partial charge in [0.05, 0.1) is 5.69 Å². The molecule has 1 saturated heterocycles. The summed E-state index contributed by atoms with van der Waals surface area (Å²) in [6, 6.07) is 4.84. The number of nitrogens with zero attached hydrogens (tertiary/aromatic N) is 2. The highest BCUT2D eigenvalue weighted by Crippen LogP contribution is 2.38. The Kier molecular flexibility index (Phi) is 5.33. The highest BCUT2D eigenvalue weighted by molar-refractivity contribution is 6.01. The molecule has 0 bridgehead atoms. The lowest BCUT2D eigenvalue weighted by molar-refractivity contribution is -0.137. The minimum absolute atomic E-state index is 0.0569. The third kappa shape index (κ3) is 3.95. The third-order valence-electron chi connectivity index (χ3n) is 5.15. The van der Waals surface area contributed by atoms with E-state index in [0.717, 1.165) is 25.6 Å². The molecule has 1 amide bonds. The Morgan fingerprint density at radius 1 is 1.30 bits per heavy atom. The number of halogens is 3. The van der Waals surface area contributed by atoms with Crippen molar-refractivity contribution in [2.75, 3.05) is 25.5 Å². The predicted molar refractivity (Wildman–Crippen MR) is 107 cm³/mol. The Morgan fingerprint density at radius 3 is 2.83 bits per heavy atom. The lowest BCUT2D eigenvalue weighted by atomic mass is 10.0. The molecule has 4 N–H and O–H groups in total. The van der Waals surface area contributed by atoms with Crippen LogP contribution in [0.15, 0.2) is 30.6 Å². The van der Waals surface area contributed by atoms with E-state index in [1.807, 2.05) is 0 Å². The van der Waals surface area contributed by atoms with Gasteiger partial charge in [0.2, 0.25) is 5.95 Å². The molecule has 0 unspecified atom stereocenters. The summed E-state index contributed by atoms with van der Waals surface area (Å²) in [6.07, 6.45) is -0.449. The second-order valence-corrected chi connectivity index (χ2v) is 7.18. The van der Waals surface area contributed by atoms with E-state index >= 15 is 0 Å². The van der Waals surface area contributed by atoms with Crippen molar-refractivity contribution in [2.24, 2.45) is 0 Å². The lowest BCUT2D eigenvalue weighted by Gasteiger charge is -2.24. The first-order valence-corrected chi connectivity index (χ1v) is 9.62. The predicted octanol–water partition coefficient (Wildman–Crippen LogP) is 3.17. The Bertz CT molecular complexity index is 1070. The van der Waals surface area contributed by atoms with Crippen LogP contribution in [0.25, 0.3) is 22.2 Å². The van der Waals surface area contributed by atoms with Crippen LogP contribution in [0, 0.1) is 0 Å². The number of aromatic amines is 1. The van der Waals surface area contributed by atoms with Gasteiger partial charge in [0.15, 0.2) is 0 Å². The van der Waals surface area contributed by atoms with E-state index in [9.17, 15) is 18.0 Å². The average Bonchev–Trinajstić information content (AvgIpc) is 3.16. The van der Waals surface area contributed by atoms with Crippen LogP contribution in [-0.4, -0.2) is 47.0 Å². The Hall–Kier alpha value is -3.14. The number of fused-ring (bicyclic) bond motifs is 1. The molecule has 1 atom stereocenters. The number of aromatic nitrogens is 3. The number of H-pyrrole nitrogens is 1. The molecule has 0 saturated carbocycles. The summed E-state index contributed by atoms with van der Waals surface area (Å²) in [5.74, 6) is -0.123. The van der Waals surface area contributed by atoms with E-state index in [4.69, 9.17) is 0 Å². The highest BCUT2D eigenvalue weighted by Gasteiger charge is 2.36. The first-order chi connectivity index (χ1) is 14.4. The van der Waals surface area contributed by atoms with Crippen molar-refractivity contribution in [3.05, 3.63) is 41.7 Å². The summed E-state index contributed by atoms with van der Waals surface area (Å²) in [4.78, 5) is 22.9. The van der Waals surface area contributed by atoms with Crippen LogP contribution >= 0.6 is 0 Å². The maximum Gasteiger partial charge on any atom is 0.419 e. The largest absolute Gasteiger partial charge is 0.419 e. The number of nitrogens with one attached hydrogen (secondary N) is 4. The zero-order valence-corrected chi connectivity index (χ0v) is 16.2. The van der Waals surface area contributed by atoms with Crippen LogP contribution in [0.3, 0.4) is 0 Å². The van der Waals surface area contributed by atoms with Gasteiger partial charge in [-0.05, 0) is 31.5 Å². The van der Waals surface area contributed by atoms with Crippen LogP contribution in [0.4, 0.5) is 19.1 Å². The summed E-state index contributed by atoms with van der Waals surface area (Å²) in [6.45, 7) is 1.62. The molecule has 1 aromatic carbocycles. The van der Waals surface area contributed by atoms with Crippen LogP contribution in [0.2, 0.25) is 0 Å². The van der Waals surface area contributed by atoms with Crippen molar-refractivity contribution >= 4 is 22.8 Å². The van der Waals surface area contributed by atoms with Gasteiger partial charge in [0, 0.05) is 54.1 Å². The quantitative estimate of drug-likeness (QED) is 0.522. The molecule has 3 aromatic rings. The standard InChI is InChI=1S/C20H21F3N6O/c1-24-18(30)11-4-5-13-14(9-26-16(13)7-11)17-15(20(21,22)23)10-27-19(29-17)28-12-3-2-6-25-8-12/h4-5,7,9-10,12,25-26H,2-3,6,8H2,1H3,(H,24,30)(H,27,28,29)/t12-/m0/s1. The van der Waals surface area contributed by atoms with E-state index in [0.29, 0.717) is 28.6 Å². The fourth-order valence-corrected chi connectivity index (χ4v) is 3.63. The Balaban J connectivity index is 1.77. The SMILES string of the molecule is CNC(=O)c1ccc2c(-c3nc(N[C@H]4CCCNC4)ncc3C(F)(F)F)c[nH]c2c1. The van der Waals surface area contributed by atoms with Gasteiger partial charge in [-0.15, -0.1) is 0 Å². The molecule has 7 nitrogen and oxygen atoms in total. The van der Waals surface area contributed by atoms with Crippen molar-refractivity contribution in [1.82, 2.24) is 25.6 Å². The van der Waals surface area contributed by atoms with Gasteiger partial charge in [0.1, 0.15) is 5.56 Å². The number of piperidine rings is 1. The van der Waals surface area contributed by atoms with Crippen molar-refractivity contribution < 1.29 is 18.0 Å². The number of alkyl halides is 3. The van der Waals surface area contributed by atoms with E-state index in [2.05, 4.69) is 30.9 Å². The molecule has 158 valence electrons. The van der Waals surface area contributed by atoms with Crippen LogP contribution in [0.1, 0.15) is 28.8 Å². The van der Waals surface area contributed by atoms with Crippen LogP contribution in [0.5, 0.6) is 0 Å². The number of hydrogen-bond acceptors (Lipinski definition) is 5. The first kappa shape index (κ1) is 20.1. The monoisotopic (exact) mass is 418 g/mol. The van der Waals surface area contributed by atoms with E-state index in [1.165, 1.54) is 13.2 Å². The number of hydrogen-bond donors (Lipinski definition) is 4. The molecule has 4 rings (SSSR count). The number of benzene rings is 1. The molecule has 0 radical (unpaired) electrons. The van der Waals surface area contributed by atoms with Gasteiger partial charge in [-0.25, -0.2) is 9.97 Å². The van der Waals surface area contributed by atoms with Gasteiger partial charge in [-0.2, -0.15) is 13.2 Å². The zero-order chi connectivity index (χ0) is 21.3. The smallest absolute Gasteiger partial charge is 0.360 e. The second-order valence-electron chi connectivity index (χ2n) is 7.18. The van der Waals surface area contributed by atoms with E-state index < -0.39 is 11.7 Å². The van der Waals surface area contributed by atoms with Gasteiger partial charge in [-0.3, -0.25) is 4.79 Å². The highest BCUT2D eigenvalue weighted by atomic mass is 19.4. The molecule has 30 heavy (non-hydrogen) atoms. The minimum atomic E-state index is -4.61.